The van der Waals surface area contributed by atoms with Crippen LogP contribution in [0.25, 0.3) is 10.9 Å². The number of halogens is 1. The summed E-state index contributed by atoms with van der Waals surface area (Å²) >= 11 is 0. The molecule has 0 atom stereocenters. The summed E-state index contributed by atoms with van der Waals surface area (Å²) in [7, 11) is 1.37. The van der Waals surface area contributed by atoms with E-state index in [1.807, 2.05) is 12.1 Å². The van der Waals surface area contributed by atoms with Gasteiger partial charge in [-0.05, 0) is 24.3 Å². The molecule has 1 aromatic heterocycles. The van der Waals surface area contributed by atoms with Gasteiger partial charge in [0.25, 0.3) is 0 Å². The molecular weight excluding hydrogens is 269 g/mol. The monoisotopic (exact) mass is 281 g/mol. The van der Waals surface area contributed by atoms with Crippen molar-refractivity contribution in [2.45, 2.75) is 0 Å². The topological polar surface area (TPSA) is 39.2 Å². The van der Waals surface area contributed by atoms with Crippen molar-refractivity contribution < 1.29 is 13.9 Å². The Kier molecular flexibility index (Phi) is 3.36. The van der Waals surface area contributed by atoms with Gasteiger partial charge in [0.05, 0.1) is 18.2 Å². The summed E-state index contributed by atoms with van der Waals surface area (Å²) in [6.45, 7) is 0. The van der Waals surface area contributed by atoms with Crippen molar-refractivity contribution in [3.8, 4) is 5.75 Å². The van der Waals surface area contributed by atoms with Gasteiger partial charge < -0.3 is 4.74 Å². The number of nitrogens with zero attached hydrogens (tertiary/aromatic N) is 1. The fourth-order valence-electron chi connectivity index (χ4n) is 2.28. The van der Waals surface area contributed by atoms with Crippen LogP contribution in [0, 0.1) is 5.82 Å². The van der Waals surface area contributed by atoms with Crippen LogP contribution in [0.4, 0.5) is 4.39 Å². The fourth-order valence-corrected chi connectivity index (χ4v) is 2.28. The predicted molar refractivity (Wildman–Crippen MR) is 78.1 cm³/mol. The lowest BCUT2D eigenvalue weighted by molar-refractivity contribution is 0.103. The Morgan fingerprint density at radius 2 is 1.76 bits per heavy atom. The molecule has 0 aliphatic carbocycles. The Labute approximate surface area is 121 Å². The van der Waals surface area contributed by atoms with E-state index in [0.29, 0.717) is 11.1 Å². The van der Waals surface area contributed by atoms with Gasteiger partial charge in [-0.25, -0.2) is 4.39 Å². The molecule has 0 bridgehead atoms. The van der Waals surface area contributed by atoms with E-state index in [9.17, 15) is 9.18 Å². The first-order valence-corrected chi connectivity index (χ1v) is 6.43. The van der Waals surface area contributed by atoms with E-state index in [4.69, 9.17) is 4.74 Å². The zero-order valence-corrected chi connectivity index (χ0v) is 11.3. The highest BCUT2D eigenvalue weighted by molar-refractivity contribution is 6.15. The molecule has 0 amide bonds. The SMILES string of the molecule is COc1cccc(C(=O)c2cccc3cccnc23)c1F. The first-order valence-electron chi connectivity index (χ1n) is 6.43. The Hall–Kier alpha value is -2.75. The molecule has 3 aromatic rings. The number of carbonyl (C=O) groups is 1. The van der Waals surface area contributed by atoms with Crippen LogP contribution in [-0.4, -0.2) is 17.9 Å². The van der Waals surface area contributed by atoms with Gasteiger partial charge in [0.15, 0.2) is 17.3 Å². The maximum atomic E-state index is 14.2. The van der Waals surface area contributed by atoms with Crippen LogP contribution < -0.4 is 4.74 Å². The minimum absolute atomic E-state index is 0.0208. The number of rotatable bonds is 3. The summed E-state index contributed by atoms with van der Waals surface area (Å²) in [5, 5.41) is 0.839. The van der Waals surface area contributed by atoms with Crippen molar-refractivity contribution in [1.82, 2.24) is 4.98 Å². The lowest BCUT2D eigenvalue weighted by Crippen LogP contribution is -2.06. The molecule has 1 heterocycles. The van der Waals surface area contributed by atoms with Gasteiger partial charge in [0.1, 0.15) is 0 Å². The van der Waals surface area contributed by atoms with Crippen LogP contribution in [0.1, 0.15) is 15.9 Å². The number of aromatic nitrogens is 1. The van der Waals surface area contributed by atoms with Crippen LogP contribution in [0.5, 0.6) is 5.75 Å². The van der Waals surface area contributed by atoms with Crippen molar-refractivity contribution in [1.29, 1.82) is 0 Å². The fraction of sp³-hybridized carbons (Fsp3) is 0.0588. The molecule has 0 fully saturated rings. The summed E-state index contributed by atoms with van der Waals surface area (Å²) < 4.78 is 19.2. The number of fused-ring (bicyclic) bond motifs is 1. The molecule has 104 valence electrons. The Bertz CT molecular complexity index is 825. The molecule has 0 unspecified atom stereocenters. The molecule has 21 heavy (non-hydrogen) atoms. The largest absolute Gasteiger partial charge is 0.494 e. The van der Waals surface area contributed by atoms with Gasteiger partial charge in [-0.1, -0.05) is 24.3 Å². The maximum Gasteiger partial charge on any atom is 0.198 e. The standard InChI is InChI=1S/C17H12FNO2/c1-21-14-9-3-7-12(15(14)18)17(20)13-8-2-5-11-6-4-10-19-16(11)13/h2-10H,1H3. The molecule has 0 radical (unpaired) electrons. The summed E-state index contributed by atoms with van der Waals surface area (Å²) in [5.41, 5.74) is 0.917. The third-order valence-corrected chi connectivity index (χ3v) is 3.31. The van der Waals surface area contributed by atoms with E-state index in [1.54, 1.807) is 30.5 Å². The van der Waals surface area contributed by atoms with Crippen molar-refractivity contribution >= 4 is 16.7 Å². The number of methoxy groups -OCH3 is 1. The third kappa shape index (κ3) is 2.25. The zero-order valence-electron chi connectivity index (χ0n) is 11.3. The molecule has 0 aliphatic rings. The number of benzene rings is 2. The molecule has 0 saturated carbocycles. The summed E-state index contributed by atoms with van der Waals surface area (Å²) in [4.78, 5) is 16.8. The second-order valence-electron chi connectivity index (χ2n) is 4.53. The van der Waals surface area contributed by atoms with E-state index < -0.39 is 11.6 Å². The molecule has 0 N–H and O–H groups in total. The average Bonchev–Trinajstić information content (AvgIpc) is 2.54. The predicted octanol–water partition coefficient (Wildman–Crippen LogP) is 3.61. The van der Waals surface area contributed by atoms with Crippen molar-refractivity contribution in [2.24, 2.45) is 0 Å². The first-order chi connectivity index (χ1) is 10.2. The minimum Gasteiger partial charge on any atom is -0.494 e. The van der Waals surface area contributed by atoms with Crippen molar-refractivity contribution in [2.75, 3.05) is 7.11 Å². The summed E-state index contributed by atoms with van der Waals surface area (Å²) in [6, 6.07) is 13.4. The van der Waals surface area contributed by atoms with Gasteiger partial charge >= 0.3 is 0 Å². The summed E-state index contributed by atoms with van der Waals surface area (Å²) in [6.07, 6.45) is 1.61. The highest BCUT2D eigenvalue weighted by atomic mass is 19.1. The molecule has 3 rings (SSSR count). The number of para-hydroxylation sites is 1. The number of hydrogen-bond acceptors (Lipinski definition) is 3. The maximum absolute atomic E-state index is 14.2. The van der Waals surface area contributed by atoms with E-state index in [2.05, 4.69) is 4.98 Å². The zero-order chi connectivity index (χ0) is 14.8. The highest BCUT2D eigenvalue weighted by Gasteiger charge is 2.19. The second kappa shape index (κ2) is 5.32. The number of pyridine rings is 1. The van der Waals surface area contributed by atoms with Gasteiger partial charge in [-0.3, -0.25) is 9.78 Å². The van der Waals surface area contributed by atoms with Crippen LogP contribution >= 0.6 is 0 Å². The van der Waals surface area contributed by atoms with E-state index >= 15 is 0 Å². The highest BCUT2D eigenvalue weighted by Crippen LogP contribution is 2.25. The number of ketones is 1. The number of hydrogen-bond donors (Lipinski definition) is 0. The van der Waals surface area contributed by atoms with Crippen LogP contribution in [0.2, 0.25) is 0 Å². The first kappa shape index (κ1) is 13.2. The lowest BCUT2D eigenvalue weighted by atomic mass is 10.00. The molecule has 0 aliphatic heterocycles. The van der Waals surface area contributed by atoms with Gasteiger partial charge in [-0.15, -0.1) is 0 Å². The van der Waals surface area contributed by atoms with Crippen molar-refractivity contribution in [3.05, 3.63) is 71.7 Å². The number of ether oxygens (including phenoxy) is 1. The molecule has 4 heteroatoms. The normalized spacial score (nSPS) is 10.6. The van der Waals surface area contributed by atoms with E-state index in [-0.39, 0.29) is 11.3 Å². The quantitative estimate of drug-likeness (QED) is 0.688. The number of carbonyl (C=O) groups excluding carboxylic acids is 1. The lowest BCUT2D eigenvalue weighted by Gasteiger charge is -2.08. The Morgan fingerprint density at radius 1 is 1.05 bits per heavy atom. The van der Waals surface area contributed by atoms with Crippen LogP contribution in [0.15, 0.2) is 54.7 Å². The smallest absolute Gasteiger partial charge is 0.198 e. The van der Waals surface area contributed by atoms with Gasteiger partial charge in [-0.2, -0.15) is 0 Å². The Balaban J connectivity index is 2.18. The minimum atomic E-state index is -0.655. The molecular formula is C17H12FNO2. The average molecular weight is 281 g/mol. The van der Waals surface area contributed by atoms with Gasteiger partial charge in [0.2, 0.25) is 0 Å². The molecule has 0 spiro atoms. The Morgan fingerprint density at radius 3 is 2.57 bits per heavy atom. The van der Waals surface area contributed by atoms with E-state index in [0.717, 1.165) is 5.39 Å². The molecule has 2 aromatic carbocycles. The third-order valence-electron chi connectivity index (χ3n) is 3.31. The molecule has 0 saturated heterocycles. The van der Waals surface area contributed by atoms with Gasteiger partial charge in [0, 0.05) is 17.1 Å². The van der Waals surface area contributed by atoms with Crippen LogP contribution in [0.3, 0.4) is 0 Å². The van der Waals surface area contributed by atoms with E-state index in [1.165, 1.54) is 19.2 Å². The second-order valence-corrected chi connectivity index (χ2v) is 4.53. The summed E-state index contributed by atoms with van der Waals surface area (Å²) in [5.74, 6) is -1.01. The van der Waals surface area contributed by atoms with Crippen molar-refractivity contribution in [3.63, 3.8) is 0 Å². The van der Waals surface area contributed by atoms with Crippen LogP contribution in [-0.2, 0) is 0 Å². The molecule has 3 nitrogen and oxygen atoms in total.